The minimum absolute atomic E-state index is 0.0496. The highest BCUT2D eigenvalue weighted by atomic mass is 16.8. The molecule has 2 heterocycles. The average molecular weight is 262 g/mol. The highest BCUT2D eigenvalue weighted by Gasteiger charge is 2.62. The zero-order valence-corrected chi connectivity index (χ0v) is 10.3. The third-order valence-electron chi connectivity index (χ3n) is 3.64. The molecule has 0 aromatic heterocycles. The Morgan fingerprint density at radius 1 is 1.56 bits per heavy atom. The van der Waals surface area contributed by atoms with Gasteiger partial charge in [0.25, 0.3) is 5.79 Å². The molecule has 7 nitrogen and oxygen atoms in total. The third kappa shape index (κ3) is 1.92. The lowest BCUT2D eigenvalue weighted by Gasteiger charge is -2.35. The van der Waals surface area contributed by atoms with E-state index in [9.17, 15) is 15.0 Å². The first-order chi connectivity index (χ1) is 8.45. The molecule has 0 amide bonds. The maximum Gasteiger partial charge on any atom is 0.366 e. The van der Waals surface area contributed by atoms with Gasteiger partial charge in [0.2, 0.25) is 0 Å². The van der Waals surface area contributed by atoms with Crippen molar-refractivity contribution in [2.75, 3.05) is 13.7 Å². The second kappa shape index (κ2) is 4.75. The molecule has 2 unspecified atom stereocenters. The molecular formula is C11H18O7. The van der Waals surface area contributed by atoms with Crippen molar-refractivity contribution in [1.82, 2.24) is 0 Å². The average Bonchev–Trinajstić information content (AvgIpc) is 2.71. The van der Waals surface area contributed by atoms with E-state index in [0.717, 1.165) is 0 Å². The van der Waals surface area contributed by atoms with E-state index in [1.54, 1.807) is 6.92 Å². The Bertz CT molecular complexity index is 333. The van der Waals surface area contributed by atoms with Crippen LogP contribution >= 0.6 is 0 Å². The summed E-state index contributed by atoms with van der Waals surface area (Å²) in [7, 11) is 1.19. The van der Waals surface area contributed by atoms with Crippen LogP contribution in [0.15, 0.2) is 0 Å². The first-order valence-corrected chi connectivity index (χ1v) is 5.86. The highest BCUT2D eigenvalue weighted by molar-refractivity contribution is 5.78. The summed E-state index contributed by atoms with van der Waals surface area (Å²) in [5.41, 5.74) is 0. The van der Waals surface area contributed by atoms with E-state index in [2.05, 4.69) is 4.74 Å². The number of methoxy groups -OCH3 is 1. The van der Waals surface area contributed by atoms with Crippen LogP contribution in [0.2, 0.25) is 0 Å². The number of hydrogen-bond acceptors (Lipinski definition) is 7. The van der Waals surface area contributed by atoms with E-state index in [0.29, 0.717) is 0 Å². The fourth-order valence-corrected chi connectivity index (χ4v) is 2.52. The van der Waals surface area contributed by atoms with E-state index >= 15 is 0 Å². The van der Waals surface area contributed by atoms with Gasteiger partial charge in [-0.1, -0.05) is 6.92 Å². The molecule has 0 aromatic carbocycles. The minimum Gasteiger partial charge on any atom is -0.465 e. The number of aliphatic hydroxyl groups excluding tert-OH is 3. The monoisotopic (exact) mass is 262 g/mol. The molecule has 3 N–H and O–H groups in total. The molecule has 7 heteroatoms. The summed E-state index contributed by atoms with van der Waals surface area (Å²) >= 11 is 0. The maximum absolute atomic E-state index is 11.7. The van der Waals surface area contributed by atoms with Crippen LogP contribution in [0.25, 0.3) is 0 Å². The molecule has 18 heavy (non-hydrogen) atoms. The van der Waals surface area contributed by atoms with Crippen molar-refractivity contribution >= 4 is 5.97 Å². The van der Waals surface area contributed by atoms with Gasteiger partial charge in [-0.05, 0) is 0 Å². The van der Waals surface area contributed by atoms with Crippen LogP contribution in [0.3, 0.4) is 0 Å². The molecule has 0 saturated carbocycles. The fraction of sp³-hybridized carbons (Fsp3) is 0.909. The summed E-state index contributed by atoms with van der Waals surface area (Å²) in [6.45, 7) is 1.23. The van der Waals surface area contributed by atoms with Crippen molar-refractivity contribution in [3.05, 3.63) is 0 Å². The Morgan fingerprint density at radius 2 is 2.22 bits per heavy atom. The first-order valence-electron chi connectivity index (χ1n) is 5.86. The number of fused-ring (bicyclic) bond motifs is 2. The van der Waals surface area contributed by atoms with Crippen molar-refractivity contribution < 1.29 is 34.3 Å². The number of carbonyl (C=O) groups excluding carboxylic acids is 1. The first kappa shape index (κ1) is 13.7. The van der Waals surface area contributed by atoms with Crippen LogP contribution in [-0.4, -0.2) is 65.2 Å². The summed E-state index contributed by atoms with van der Waals surface area (Å²) < 4.78 is 15.6. The van der Waals surface area contributed by atoms with Crippen LogP contribution < -0.4 is 0 Å². The Hall–Kier alpha value is -0.730. The van der Waals surface area contributed by atoms with Gasteiger partial charge in [0.05, 0.1) is 25.9 Å². The highest BCUT2D eigenvalue weighted by Crippen LogP contribution is 2.44. The van der Waals surface area contributed by atoms with Crippen LogP contribution in [0.5, 0.6) is 0 Å². The van der Waals surface area contributed by atoms with E-state index < -0.39 is 42.8 Å². The van der Waals surface area contributed by atoms with Gasteiger partial charge in [0, 0.05) is 12.3 Å². The number of ether oxygens (including phenoxy) is 3. The number of hydrogen-bond donors (Lipinski definition) is 3. The number of carbonyl (C=O) groups is 1. The van der Waals surface area contributed by atoms with Gasteiger partial charge in [-0.3, -0.25) is 0 Å². The van der Waals surface area contributed by atoms with Crippen molar-refractivity contribution in [2.24, 2.45) is 5.92 Å². The van der Waals surface area contributed by atoms with Gasteiger partial charge in [-0.15, -0.1) is 0 Å². The lowest BCUT2D eigenvalue weighted by Crippen LogP contribution is -2.51. The molecule has 104 valence electrons. The van der Waals surface area contributed by atoms with Crippen molar-refractivity contribution in [2.45, 2.75) is 43.5 Å². The lowest BCUT2D eigenvalue weighted by molar-refractivity contribution is -0.239. The molecule has 2 fully saturated rings. The zero-order valence-electron chi connectivity index (χ0n) is 10.3. The molecule has 2 saturated heterocycles. The largest absolute Gasteiger partial charge is 0.465 e. The lowest BCUT2D eigenvalue weighted by atomic mass is 9.87. The van der Waals surface area contributed by atoms with Gasteiger partial charge in [0.15, 0.2) is 0 Å². The summed E-state index contributed by atoms with van der Waals surface area (Å²) in [6.07, 6.45) is -3.53. The van der Waals surface area contributed by atoms with Crippen LogP contribution in [0.1, 0.15) is 13.3 Å². The van der Waals surface area contributed by atoms with Crippen LogP contribution in [-0.2, 0) is 19.0 Å². The molecule has 2 aliphatic heterocycles. The molecule has 2 rings (SSSR count). The summed E-state index contributed by atoms with van der Waals surface area (Å²) in [4.78, 5) is 11.7. The van der Waals surface area contributed by atoms with Gasteiger partial charge in [-0.2, -0.15) is 0 Å². The standard InChI is InChI=1S/C11H18O7/c1-5-6(13)3-11(10(15)16-2)17-8(5)9(18-11)7(14)4-12/h5-9,12-14H,3-4H2,1-2H3/t5-,6-,7-,8?,9?,11+/m1/s1. The Morgan fingerprint density at radius 3 is 2.78 bits per heavy atom. The quantitative estimate of drug-likeness (QED) is 0.526. The Balaban J connectivity index is 2.28. The summed E-state index contributed by atoms with van der Waals surface area (Å²) in [5, 5.41) is 28.6. The molecule has 0 spiro atoms. The number of rotatable bonds is 3. The second-order valence-corrected chi connectivity index (χ2v) is 4.79. The van der Waals surface area contributed by atoms with E-state index in [4.69, 9.17) is 14.6 Å². The van der Waals surface area contributed by atoms with E-state index in [1.165, 1.54) is 7.11 Å². The fourth-order valence-electron chi connectivity index (χ4n) is 2.52. The third-order valence-corrected chi connectivity index (χ3v) is 3.64. The van der Waals surface area contributed by atoms with Gasteiger partial charge in [-0.25, -0.2) is 4.79 Å². The van der Waals surface area contributed by atoms with Crippen LogP contribution in [0.4, 0.5) is 0 Å². The molecule has 2 bridgehead atoms. The topological polar surface area (TPSA) is 105 Å². The summed E-state index contributed by atoms with van der Waals surface area (Å²) in [5.74, 6) is -2.73. The minimum atomic E-state index is -1.67. The molecule has 6 atom stereocenters. The molecule has 0 radical (unpaired) electrons. The number of esters is 1. The van der Waals surface area contributed by atoms with Crippen molar-refractivity contribution in [3.63, 3.8) is 0 Å². The molecule has 0 aromatic rings. The summed E-state index contributed by atoms with van der Waals surface area (Å²) in [6, 6.07) is 0. The SMILES string of the molecule is COC(=O)[C@@]12C[C@@H](O)[C@@H](C)C(O1)C([C@H](O)CO)O2. The number of aliphatic hydroxyl groups is 3. The predicted octanol–water partition coefficient (Wildman–Crippen LogP) is -1.61. The molecular weight excluding hydrogens is 244 g/mol. The van der Waals surface area contributed by atoms with E-state index in [1.807, 2.05) is 0 Å². The van der Waals surface area contributed by atoms with Gasteiger partial charge in [0.1, 0.15) is 12.2 Å². The van der Waals surface area contributed by atoms with Crippen molar-refractivity contribution in [3.8, 4) is 0 Å². The molecule has 0 aliphatic carbocycles. The zero-order chi connectivity index (χ0) is 13.5. The normalized spacial score (nSPS) is 44.7. The van der Waals surface area contributed by atoms with Crippen LogP contribution in [0, 0.1) is 5.92 Å². The van der Waals surface area contributed by atoms with Gasteiger partial charge < -0.3 is 29.5 Å². The smallest absolute Gasteiger partial charge is 0.366 e. The Labute approximate surface area is 104 Å². The maximum atomic E-state index is 11.7. The predicted molar refractivity (Wildman–Crippen MR) is 57.4 cm³/mol. The van der Waals surface area contributed by atoms with Gasteiger partial charge >= 0.3 is 5.97 Å². The Kier molecular flexibility index (Phi) is 3.61. The molecule has 2 aliphatic rings. The van der Waals surface area contributed by atoms with Crippen molar-refractivity contribution in [1.29, 1.82) is 0 Å². The second-order valence-electron chi connectivity index (χ2n) is 4.79. The van der Waals surface area contributed by atoms with E-state index in [-0.39, 0.29) is 12.3 Å².